The van der Waals surface area contributed by atoms with Crippen LogP contribution in [0.25, 0.3) is 0 Å². The Bertz CT molecular complexity index is 503. The van der Waals surface area contributed by atoms with Crippen molar-refractivity contribution in [2.24, 2.45) is 0 Å². The summed E-state index contributed by atoms with van der Waals surface area (Å²) in [7, 11) is 0. The van der Waals surface area contributed by atoms with Gasteiger partial charge in [0.1, 0.15) is 0 Å². The number of likely N-dealkylation sites (tertiary alicyclic amines) is 1. The summed E-state index contributed by atoms with van der Waals surface area (Å²) >= 11 is 0. The number of alkyl halides is 3. The van der Waals surface area contributed by atoms with Crippen LogP contribution in [-0.2, 0) is 11.2 Å². The monoisotopic (exact) mass is 301 g/mol. The van der Waals surface area contributed by atoms with Crippen LogP contribution in [0.5, 0.6) is 0 Å². The van der Waals surface area contributed by atoms with Crippen molar-refractivity contribution >= 4 is 5.91 Å². The molecule has 1 aliphatic rings. The van der Waals surface area contributed by atoms with Gasteiger partial charge in [0.25, 0.3) is 0 Å². The molecular formula is C15H18F3NO2. The number of carbonyl (C=O) groups is 1. The summed E-state index contributed by atoms with van der Waals surface area (Å²) in [5, 5.41) is 9.56. The Labute approximate surface area is 121 Å². The Morgan fingerprint density at radius 3 is 2.24 bits per heavy atom. The summed E-state index contributed by atoms with van der Waals surface area (Å²) in [6.45, 7) is 1.80. The van der Waals surface area contributed by atoms with Gasteiger partial charge in [0.05, 0.1) is 6.42 Å². The number of benzene rings is 1. The average Bonchev–Trinajstić information content (AvgIpc) is 2.41. The van der Waals surface area contributed by atoms with Gasteiger partial charge in [-0.3, -0.25) is 4.79 Å². The van der Waals surface area contributed by atoms with Crippen LogP contribution in [0.4, 0.5) is 13.2 Å². The predicted molar refractivity (Wildman–Crippen MR) is 71.7 cm³/mol. The van der Waals surface area contributed by atoms with Gasteiger partial charge in [-0.2, -0.15) is 13.2 Å². The van der Waals surface area contributed by atoms with Crippen LogP contribution in [0, 0.1) is 6.92 Å². The van der Waals surface area contributed by atoms with E-state index in [2.05, 4.69) is 0 Å². The minimum Gasteiger partial charge on any atom is -0.380 e. The van der Waals surface area contributed by atoms with Crippen LogP contribution in [0.1, 0.15) is 24.0 Å². The molecule has 1 amide bonds. The van der Waals surface area contributed by atoms with Crippen molar-refractivity contribution in [3.05, 3.63) is 35.4 Å². The zero-order valence-electron chi connectivity index (χ0n) is 11.8. The highest BCUT2D eigenvalue weighted by molar-refractivity contribution is 5.78. The molecule has 1 aromatic rings. The van der Waals surface area contributed by atoms with Crippen molar-refractivity contribution in [3.63, 3.8) is 0 Å². The second-order valence-electron chi connectivity index (χ2n) is 5.57. The molecule has 0 spiro atoms. The molecule has 1 N–H and O–H groups in total. The SMILES string of the molecule is Cc1ccc(CC(=O)N2CCC(O)(C(F)(F)F)CC2)cc1. The molecule has 0 aliphatic carbocycles. The van der Waals surface area contributed by atoms with Crippen molar-refractivity contribution in [3.8, 4) is 0 Å². The molecule has 1 saturated heterocycles. The van der Waals surface area contributed by atoms with Gasteiger partial charge in [0, 0.05) is 25.9 Å². The molecule has 0 saturated carbocycles. The van der Waals surface area contributed by atoms with Crippen LogP contribution < -0.4 is 0 Å². The normalized spacial score (nSPS) is 18.6. The third-order valence-corrected chi connectivity index (χ3v) is 3.95. The summed E-state index contributed by atoms with van der Waals surface area (Å²) in [5.41, 5.74) is -0.741. The molecule has 116 valence electrons. The van der Waals surface area contributed by atoms with Gasteiger partial charge in [-0.25, -0.2) is 0 Å². The highest BCUT2D eigenvalue weighted by atomic mass is 19.4. The van der Waals surface area contributed by atoms with Crippen LogP contribution >= 0.6 is 0 Å². The van der Waals surface area contributed by atoms with E-state index in [-0.39, 0.29) is 25.4 Å². The van der Waals surface area contributed by atoms with E-state index in [0.29, 0.717) is 0 Å². The van der Waals surface area contributed by atoms with Gasteiger partial charge in [-0.15, -0.1) is 0 Å². The zero-order valence-corrected chi connectivity index (χ0v) is 11.8. The number of amides is 1. The first kappa shape index (κ1) is 15.8. The Balaban J connectivity index is 1.93. The van der Waals surface area contributed by atoms with E-state index in [9.17, 15) is 23.1 Å². The Kier molecular flexibility index (Phi) is 4.27. The van der Waals surface area contributed by atoms with Crippen molar-refractivity contribution in [2.75, 3.05) is 13.1 Å². The lowest BCUT2D eigenvalue weighted by Crippen LogP contribution is -2.54. The number of rotatable bonds is 2. The first-order valence-electron chi connectivity index (χ1n) is 6.84. The maximum Gasteiger partial charge on any atom is 0.417 e. The molecule has 0 aromatic heterocycles. The summed E-state index contributed by atoms with van der Waals surface area (Å²) in [6, 6.07) is 7.45. The lowest BCUT2D eigenvalue weighted by Gasteiger charge is -2.39. The summed E-state index contributed by atoms with van der Waals surface area (Å²) < 4.78 is 38.1. The third-order valence-electron chi connectivity index (χ3n) is 3.95. The molecule has 3 nitrogen and oxygen atoms in total. The summed E-state index contributed by atoms with van der Waals surface area (Å²) in [5.74, 6) is -0.205. The van der Waals surface area contributed by atoms with E-state index in [1.165, 1.54) is 4.90 Å². The molecule has 6 heteroatoms. The highest BCUT2D eigenvalue weighted by Gasteiger charge is 2.54. The lowest BCUT2D eigenvalue weighted by molar-refractivity contribution is -0.272. The second-order valence-corrected chi connectivity index (χ2v) is 5.57. The standard InChI is InChI=1S/C15H18F3NO2/c1-11-2-4-12(5-3-11)10-13(20)19-8-6-14(21,7-9-19)15(16,17)18/h2-5,21H,6-10H2,1H3. The fourth-order valence-corrected chi connectivity index (χ4v) is 2.40. The lowest BCUT2D eigenvalue weighted by atomic mass is 9.90. The Hall–Kier alpha value is -1.56. The zero-order chi connectivity index (χ0) is 15.7. The third kappa shape index (κ3) is 3.56. The topological polar surface area (TPSA) is 40.5 Å². The molecule has 1 aromatic carbocycles. The largest absolute Gasteiger partial charge is 0.417 e. The van der Waals surface area contributed by atoms with Gasteiger partial charge < -0.3 is 10.0 Å². The van der Waals surface area contributed by atoms with Crippen LogP contribution in [0.3, 0.4) is 0 Å². The number of nitrogens with zero attached hydrogens (tertiary/aromatic N) is 1. The van der Waals surface area contributed by atoms with Gasteiger partial charge in [-0.05, 0) is 12.5 Å². The Morgan fingerprint density at radius 2 is 1.76 bits per heavy atom. The number of halogens is 3. The van der Waals surface area contributed by atoms with Crippen molar-refractivity contribution in [1.82, 2.24) is 4.90 Å². The fraction of sp³-hybridized carbons (Fsp3) is 0.533. The molecule has 21 heavy (non-hydrogen) atoms. The van der Waals surface area contributed by atoms with E-state index in [4.69, 9.17) is 0 Å². The van der Waals surface area contributed by atoms with E-state index >= 15 is 0 Å². The maximum atomic E-state index is 12.7. The van der Waals surface area contributed by atoms with E-state index < -0.39 is 24.6 Å². The van der Waals surface area contributed by atoms with Crippen molar-refractivity contribution in [1.29, 1.82) is 0 Å². The molecule has 0 bridgehead atoms. The van der Waals surface area contributed by atoms with Crippen molar-refractivity contribution in [2.45, 2.75) is 38.0 Å². The molecule has 0 radical (unpaired) electrons. The molecule has 2 rings (SSSR count). The van der Waals surface area contributed by atoms with Gasteiger partial charge in [0.15, 0.2) is 5.60 Å². The maximum absolute atomic E-state index is 12.7. The number of aliphatic hydroxyl groups is 1. The highest BCUT2D eigenvalue weighted by Crippen LogP contribution is 2.38. The van der Waals surface area contributed by atoms with Gasteiger partial charge in [-0.1, -0.05) is 29.8 Å². The molecule has 0 unspecified atom stereocenters. The summed E-state index contributed by atoms with van der Waals surface area (Å²) in [6.07, 6.45) is -5.39. The number of hydrogen-bond donors (Lipinski definition) is 1. The first-order valence-corrected chi connectivity index (χ1v) is 6.84. The quantitative estimate of drug-likeness (QED) is 0.911. The minimum absolute atomic E-state index is 0.0687. The Morgan fingerprint density at radius 1 is 1.24 bits per heavy atom. The molecular weight excluding hydrogens is 283 g/mol. The molecule has 0 atom stereocenters. The first-order chi connectivity index (χ1) is 9.71. The summed E-state index contributed by atoms with van der Waals surface area (Å²) in [4.78, 5) is 13.5. The predicted octanol–water partition coefficient (Wildman–Crippen LogP) is 2.45. The average molecular weight is 301 g/mol. The van der Waals surface area contributed by atoms with Crippen LogP contribution in [0.15, 0.2) is 24.3 Å². The molecule has 1 aliphatic heterocycles. The number of carbonyl (C=O) groups excluding carboxylic acids is 1. The van der Waals surface area contributed by atoms with E-state index in [1.54, 1.807) is 0 Å². The van der Waals surface area contributed by atoms with E-state index in [1.807, 2.05) is 31.2 Å². The van der Waals surface area contributed by atoms with Crippen molar-refractivity contribution < 1.29 is 23.1 Å². The fourth-order valence-electron chi connectivity index (χ4n) is 2.40. The van der Waals surface area contributed by atoms with Crippen LogP contribution in [0.2, 0.25) is 0 Å². The second kappa shape index (κ2) is 5.67. The van der Waals surface area contributed by atoms with Crippen LogP contribution in [-0.4, -0.2) is 40.8 Å². The molecule has 1 fully saturated rings. The number of aryl methyl sites for hydroxylation is 1. The number of piperidine rings is 1. The van der Waals surface area contributed by atoms with E-state index in [0.717, 1.165) is 11.1 Å². The van der Waals surface area contributed by atoms with Gasteiger partial charge in [0.2, 0.25) is 5.91 Å². The van der Waals surface area contributed by atoms with Gasteiger partial charge >= 0.3 is 6.18 Å². The smallest absolute Gasteiger partial charge is 0.380 e. The molecule has 1 heterocycles. The number of hydrogen-bond acceptors (Lipinski definition) is 2. The minimum atomic E-state index is -4.64.